The lowest BCUT2D eigenvalue weighted by Gasteiger charge is -2.45. The second-order valence-corrected chi connectivity index (χ2v) is 8.31. The minimum Gasteiger partial charge on any atom is -0.314 e. The van der Waals surface area contributed by atoms with Crippen LogP contribution in [0.2, 0.25) is 0 Å². The molecule has 3 unspecified atom stereocenters. The van der Waals surface area contributed by atoms with Crippen molar-refractivity contribution >= 4 is 11.8 Å². The first kappa shape index (κ1) is 14.9. The third-order valence-electron chi connectivity index (χ3n) is 5.73. The molecule has 2 aromatic rings. The summed E-state index contributed by atoms with van der Waals surface area (Å²) in [4.78, 5) is 6.69. The second-order valence-electron chi connectivity index (χ2n) is 8.31. The molecule has 8 heteroatoms. The van der Waals surface area contributed by atoms with Gasteiger partial charge in [-0.3, -0.25) is 10.3 Å². The average molecular weight is 340 g/mol. The number of fused-ring (bicyclic) bond motifs is 6. The number of nitrogens with zero attached hydrogens (tertiary/aromatic N) is 7. The molecule has 2 aromatic heterocycles. The minimum atomic E-state index is -0.0620. The van der Waals surface area contributed by atoms with Crippen LogP contribution in [0.4, 0.5) is 5.82 Å². The number of anilines is 1. The van der Waals surface area contributed by atoms with E-state index < -0.39 is 0 Å². The highest BCUT2D eigenvalue weighted by Gasteiger charge is 2.47. The number of hydrazone groups is 1. The van der Waals surface area contributed by atoms with Gasteiger partial charge in [-0.05, 0) is 12.8 Å². The zero-order valence-electron chi connectivity index (χ0n) is 14.9. The summed E-state index contributed by atoms with van der Waals surface area (Å²) in [6.45, 7) is 6.50. The fourth-order valence-corrected chi connectivity index (χ4v) is 4.53. The molecule has 0 spiro atoms. The highest BCUT2D eigenvalue weighted by Crippen LogP contribution is 2.45. The molecule has 1 N–H and O–H groups in total. The summed E-state index contributed by atoms with van der Waals surface area (Å²) in [5.74, 6) is 2.41. The molecule has 8 nitrogen and oxygen atoms in total. The van der Waals surface area contributed by atoms with Crippen LogP contribution in [-0.4, -0.2) is 36.7 Å². The van der Waals surface area contributed by atoms with E-state index >= 15 is 0 Å². The first-order valence-electron chi connectivity index (χ1n) is 9.11. The predicted molar refractivity (Wildman–Crippen MR) is 94.2 cm³/mol. The molecule has 132 valence electrons. The van der Waals surface area contributed by atoms with E-state index in [1.165, 1.54) is 25.7 Å². The molecule has 2 aliphatic heterocycles. The molecule has 0 aromatic carbocycles. The zero-order chi connectivity index (χ0) is 17.2. The van der Waals surface area contributed by atoms with Gasteiger partial charge in [0.15, 0.2) is 0 Å². The van der Waals surface area contributed by atoms with Gasteiger partial charge < -0.3 is 4.57 Å². The fraction of sp³-hybridized carbons (Fsp3) is 0.647. The molecule has 0 radical (unpaired) electrons. The summed E-state index contributed by atoms with van der Waals surface area (Å²) in [7, 11) is 0. The molecule has 1 saturated carbocycles. The van der Waals surface area contributed by atoms with Gasteiger partial charge in [-0.1, -0.05) is 38.8 Å². The SMILES string of the molecule is CC(C)(C)c1cnnn1C1=NNC2C3CCCCC3n3cncc3N12. The van der Waals surface area contributed by atoms with Crippen LogP contribution in [-0.2, 0) is 5.41 Å². The molecule has 1 fully saturated rings. The third kappa shape index (κ3) is 2.06. The lowest BCUT2D eigenvalue weighted by Crippen LogP contribution is -2.55. The summed E-state index contributed by atoms with van der Waals surface area (Å²) in [6.07, 6.45) is 10.9. The highest BCUT2D eigenvalue weighted by molar-refractivity contribution is 5.98. The lowest BCUT2D eigenvalue weighted by molar-refractivity contribution is 0.175. The fourth-order valence-electron chi connectivity index (χ4n) is 4.53. The van der Waals surface area contributed by atoms with Gasteiger partial charge in [0.05, 0.1) is 24.4 Å². The Balaban J connectivity index is 1.61. The molecular formula is C17H24N8. The summed E-state index contributed by atoms with van der Waals surface area (Å²) in [6, 6.07) is 0.507. The second kappa shape index (κ2) is 5.06. The van der Waals surface area contributed by atoms with E-state index in [4.69, 9.17) is 0 Å². The minimum absolute atomic E-state index is 0.0620. The average Bonchev–Trinajstić information content (AvgIpc) is 3.31. The van der Waals surface area contributed by atoms with Crippen molar-refractivity contribution < 1.29 is 0 Å². The maximum Gasteiger partial charge on any atom is 0.252 e. The molecule has 3 aliphatic rings. The number of rotatable bonds is 0. The summed E-state index contributed by atoms with van der Waals surface area (Å²) in [5.41, 5.74) is 4.37. The molecule has 0 bridgehead atoms. The standard InChI is InChI=1S/C17H24N8/c1-17(2,3)13-8-19-22-25(13)16-21-20-15-11-6-4-5-7-12(11)23-10-18-9-14(23)24(15)16/h8-12,15,20H,4-7H2,1-3H3. The van der Waals surface area contributed by atoms with E-state index in [1.807, 2.05) is 23.4 Å². The summed E-state index contributed by atoms with van der Waals surface area (Å²) in [5, 5.41) is 13.2. The molecule has 25 heavy (non-hydrogen) atoms. The zero-order valence-corrected chi connectivity index (χ0v) is 14.9. The molecule has 0 saturated heterocycles. The normalized spacial score (nSPS) is 28.0. The van der Waals surface area contributed by atoms with Crippen LogP contribution >= 0.6 is 0 Å². The summed E-state index contributed by atoms with van der Waals surface area (Å²) >= 11 is 0. The monoisotopic (exact) mass is 340 g/mol. The van der Waals surface area contributed by atoms with Crippen molar-refractivity contribution in [1.29, 1.82) is 0 Å². The van der Waals surface area contributed by atoms with Gasteiger partial charge in [-0.2, -0.15) is 4.68 Å². The molecule has 5 rings (SSSR count). The molecule has 3 atom stereocenters. The van der Waals surface area contributed by atoms with Gasteiger partial charge in [-0.15, -0.1) is 10.2 Å². The smallest absolute Gasteiger partial charge is 0.252 e. The highest BCUT2D eigenvalue weighted by atomic mass is 15.6. The summed E-state index contributed by atoms with van der Waals surface area (Å²) < 4.78 is 4.20. The number of hydrogen-bond donors (Lipinski definition) is 1. The Bertz CT molecular complexity index is 826. The number of nitrogens with one attached hydrogen (secondary N) is 1. The Labute approximate surface area is 146 Å². The van der Waals surface area contributed by atoms with E-state index in [9.17, 15) is 0 Å². The first-order chi connectivity index (χ1) is 12.1. The molecular weight excluding hydrogens is 316 g/mol. The van der Waals surface area contributed by atoms with Crippen LogP contribution in [0, 0.1) is 5.92 Å². The quantitative estimate of drug-likeness (QED) is 0.794. The Kier molecular flexibility index (Phi) is 3.02. The van der Waals surface area contributed by atoms with Crippen LogP contribution in [0.15, 0.2) is 23.8 Å². The van der Waals surface area contributed by atoms with Crippen molar-refractivity contribution in [1.82, 2.24) is 30.0 Å². The predicted octanol–water partition coefficient (Wildman–Crippen LogP) is 2.07. The van der Waals surface area contributed by atoms with Gasteiger partial charge in [0.25, 0.3) is 5.96 Å². The van der Waals surface area contributed by atoms with Gasteiger partial charge in [0.1, 0.15) is 12.0 Å². The van der Waals surface area contributed by atoms with Crippen molar-refractivity contribution in [3.8, 4) is 0 Å². The van der Waals surface area contributed by atoms with Crippen LogP contribution in [0.25, 0.3) is 0 Å². The van der Waals surface area contributed by atoms with Crippen LogP contribution in [0.5, 0.6) is 0 Å². The maximum atomic E-state index is 4.68. The molecule has 1 aliphatic carbocycles. The number of hydrogen-bond acceptors (Lipinski definition) is 6. The van der Waals surface area contributed by atoms with Crippen molar-refractivity contribution in [2.24, 2.45) is 11.0 Å². The Morgan fingerprint density at radius 2 is 2.00 bits per heavy atom. The topological polar surface area (TPSA) is 76.2 Å². The maximum absolute atomic E-state index is 4.68. The van der Waals surface area contributed by atoms with Crippen LogP contribution in [0.3, 0.4) is 0 Å². The Morgan fingerprint density at radius 1 is 1.16 bits per heavy atom. The van der Waals surface area contributed by atoms with E-state index in [1.54, 1.807) is 0 Å². The van der Waals surface area contributed by atoms with E-state index in [0.29, 0.717) is 12.0 Å². The Hall–Kier alpha value is -2.38. The van der Waals surface area contributed by atoms with Crippen molar-refractivity contribution in [3.63, 3.8) is 0 Å². The Morgan fingerprint density at radius 3 is 2.84 bits per heavy atom. The van der Waals surface area contributed by atoms with E-state index in [-0.39, 0.29) is 11.6 Å². The van der Waals surface area contributed by atoms with E-state index in [2.05, 4.69) is 56.1 Å². The van der Waals surface area contributed by atoms with Crippen molar-refractivity contribution in [2.75, 3.05) is 4.90 Å². The van der Waals surface area contributed by atoms with Crippen molar-refractivity contribution in [3.05, 3.63) is 24.4 Å². The van der Waals surface area contributed by atoms with Gasteiger partial charge in [0, 0.05) is 17.4 Å². The number of imidazole rings is 1. The first-order valence-corrected chi connectivity index (χ1v) is 9.11. The third-order valence-corrected chi connectivity index (χ3v) is 5.73. The van der Waals surface area contributed by atoms with Crippen LogP contribution < -0.4 is 10.3 Å². The lowest BCUT2D eigenvalue weighted by atomic mass is 9.80. The van der Waals surface area contributed by atoms with Crippen LogP contribution in [0.1, 0.15) is 58.2 Å². The van der Waals surface area contributed by atoms with Crippen molar-refractivity contribution in [2.45, 2.75) is 64.1 Å². The van der Waals surface area contributed by atoms with Gasteiger partial charge >= 0.3 is 0 Å². The number of aromatic nitrogens is 5. The molecule has 4 heterocycles. The molecule has 0 amide bonds. The van der Waals surface area contributed by atoms with Gasteiger partial charge in [0.2, 0.25) is 0 Å². The van der Waals surface area contributed by atoms with Gasteiger partial charge in [-0.25, -0.2) is 4.98 Å². The van der Waals surface area contributed by atoms with E-state index in [0.717, 1.165) is 17.5 Å². The largest absolute Gasteiger partial charge is 0.314 e.